The molecule has 2 aromatic heterocycles. The number of ether oxygens (including phenoxy) is 5. The predicted molar refractivity (Wildman–Crippen MR) is 172 cm³/mol. The first kappa shape index (κ1) is 31.1. The topological polar surface area (TPSA) is 122 Å². The highest BCUT2D eigenvalue weighted by molar-refractivity contribution is 6.06. The molecule has 1 saturated heterocycles. The molecule has 0 radical (unpaired) electrons. The number of nitrogens with one attached hydrogen (secondary N) is 2. The van der Waals surface area contributed by atoms with Crippen molar-refractivity contribution >= 4 is 22.5 Å². The van der Waals surface area contributed by atoms with Gasteiger partial charge in [0.2, 0.25) is 0 Å². The Morgan fingerprint density at radius 3 is 2.60 bits per heavy atom. The van der Waals surface area contributed by atoms with Crippen LogP contribution in [0.1, 0.15) is 15.9 Å². The van der Waals surface area contributed by atoms with Gasteiger partial charge >= 0.3 is 0 Å². The third-order valence-corrected chi connectivity index (χ3v) is 8.01. The summed E-state index contributed by atoms with van der Waals surface area (Å²) in [4.78, 5) is 31.3. The van der Waals surface area contributed by atoms with Crippen LogP contribution >= 0.6 is 0 Å². The quantitative estimate of drug-likeness (QED) is 0.189. The van der Waals surface area contributed by atoms with Crippen molar-refractivity contribution < 1.29 is 37.3 Å². The number of anilines is 1. The average Bonchev–Trinajstić information content (AvgIpc) is 3.53. The Morgan fingerprint density at radius 2 is 1.85 bits per heavy atom. The van der Waals surface area contributed by atoms with Crippen LogP contribution in [0.3, 0.4) is 0 Å². The Hall–Kier alpha value is -5.53. The van der Waals surface area contributed by atoms with Crippen LogP contribution in [0.15, 0.2) is 77.9 Å². The maximum absolute atomic E-state index is 15.4. The van der Waals surface area contributed by atoms with Crippen molar-refractivity contribution in [3.05, 3.63) is 106 Å². The molecule has 0 saturated carbocycles. The Kier molecular flexibility index (Phi) is 8.61. The lowest BCUT2D eigenvalue weighted by Crippen LogP contribution is -2.47. The lowest BCUT2D eigenvalue weighted by molar-refractivity contribution is -0.00598. The minimum Gasteiger partial charge on any atom is -0.493 e. The molecule has 5 aromatic rings. The molecule has 3 aromatic carbocycles. The summed E-state index contributed by atoms with van der Waals surface area (Å²) in [7, 11) is 1.52. The van der Waals surface area contributed by atoms with Crippen LogP contribution in [0.2, 0.25) is 0 Å². The van der Waals surface area contributed by atoms with Crippen LogP contribution in [0.4, 0.5) is 14.5 Å². The highest BCUT2D eigenvalue weighted by Gasteiger charge is 2.27. The number of pyridine rings is 2. The summed E-state index contributed by atoms with van der Waals surface area (Å²) in [6.45, 7) is 2.72. The van der Waals surface area contributed by atoms with Crippen LogP contribution in [0.25, 0.3) is 16.6 Å². The standard InChI is InChI=1S/C35H30F2N4O7/c1-44-30-15-25-27(16-31(30)46-13-11-38-23-18-45-19-23)39-10-8-28(25)48-29-7-4-22(14-26(29)37)40-34(42)32-33-20(9-12-47-33)17-41(35(32)43)24-5-2-21(36)3-6-24/h2-8,10,14-17,23,38H,9,11-13,18-19H2,1H3,(H,40,42). The van der Waals surface area contributed by atoms with Gasteiger partial charge in [-0.25, -0.2) is 8.78 Å². The van der Waals surface area contributed by atoms with Crippen molar-refractivity contribution in [2.24, 2.45) is 0 Å². The molecular weight excluding hydrogens is 626 g/mol. The third kappa shape index (κ3) is 6.25. The van der Waals surface area contributed by atoms with Crippen LogP contribution in [0.5, 0.6) is 28.7 Å². The monoisotopic (exact) mass is 656 g/mol. The van der Waals surface area contributed by atoms with E-state index in [1.54, 1.807) is 24.4 Å². The number of aromatic nitrogens is 2. The Bertz CT molecular complexity index is 2070. The fourth-order valence-corrected chi connectivity index (χ4v) is 5.49. The molecule has 0 aliphatic carbocycles. The number of hydrogen-bond acceptors (Lipinski definition) is 9. The van der Waals surface area contributed by atoms with Crippen molar-refractivity contribution in [3.63, 3.8) is 0 Å². The molecule has 0 atom stereocenters. The van der Waals surface area contributed by atoms with Crippen molar-refractivity contribution in [3.8, 4) is 34.4 Å². The van der Waals surface area contributed by atoms with E-state index in [2.05, 4.69) is 15.6 Å². The zero-order valence-electron chi connectivity index (χ0n) is 25.8. The van der Waals surface area contributed by atoms with Crippen molar-refractivity contribution in [1.82, 2.24) is 14.9 Å². The maximum atomic E-state index is 15.4. The molecule has 1 amide bonds. The Morgan fingerprint density at radius 1 is 1.02 bits per heavy atom. The molecule has 2 aliphatic rings. The predicted octanol–water partition coefficient (Wildman–Crippen LogP) is 5.02. The summed E-state index contributed by atoms with van der Waals surface area (Å²) in [5.41, 5.74) is 0.784. The van der Waals surface area contributed by atoms with Crippen molar-refractivity contribution in [1.29, 1.82) is 0 Å². The largest absolute Gasteiger partial charge is 0.493 e. The number of carbonyl (C=O) groups is 1. The van der Waals surface area contributed by atoms with Gasteiger partial charge in [0.05, 0.1) is 38.5 Å². The van der Waals surface area contributed by atoms with Crippen LogP contribution in [0, 0.1) is 11.6 Å². The molecule has 13 heteroatoms. The summed E-state index contributed by atoms with van der Waals surface area (Å²) in [5.74, 6) is -0.636. The molecule has 7 rings (SSSR count). The normalized spacial score (nSPS) is 13.8. The number of fused-ring (bicyclic) bond motifs is 2. The van der Waals surface area contributed by atoms with Crippen LogP contribution in [-0.2, 0) is 11.2 Å². The van der Waals surface area contributed by atoms with Crippen LogP contribution < -0.4 is 35.1 Å². The number of nitrogens with zero attached hydrogens (tertiary/aromatic N) is 2. The van der Waals surface area contributed by atoms with Gasteiger partial charge in [0, 0.05) is 59.8 Å². The minimum absolute atomic E-state index is 0.0931. The Labute approximate surface area is 273 Å². The summed E-state index contributed by atoms with van der Waals surface area (Å²) in [6, 6.07) is 14.6. The van der Waals surface area contributed by atoms with Crippen molar-refractivity contribution in [2.75, 3.05) is 45.4 Å². The van der Waals surface area contributed by atoms with Gasteiger partial charge in [0.25, 0.3) is 11.5 Å². The summed E-state index contributed by atoms with van der Waals surface area (Å²) in [5, 5.41) is 6.50. The SMILES string of the molecule is COc1cc2c(Oc3ccc(NC(=O)c4c5c(cn(-c6ccc(F)cc6)c4=O)CCO5)cc3F)ccnc2cc1OCCNC1COC1. The summed E-state index contributed by atoms with van der Waals surface area (Å²) < 4.78 is 58.4. The van der Waals surface area contributed by atoms with Crippen molar-refractivity contribution in [2.45, 2.75) is 12.5 Å². The number of halogens is 2. The molecule has 0 spiro atoms. The van der Waals surface area contributed by atoms with E-state index in [4.69, 9.17) is 23.7 Å². The molecule has 11 nitrogen and oxygen atoms in total. The van der Waals surface area contributed by atoms with E-state index in [0.717, 1.165) is 6.07 Å². The first-order chi connectivity index (χ1) is 23.4. The van der Waals surface area contributed by atoms with Gasteiger partial charge in [-0.15, -0.1) is 0 Å². The zero-order chi connectivity index (χ0) is 33.2. The highest BCUT2D eigenvalue weighted by atomic mass is 19.1. The van der Waals surface area contributed by atoms with E-state index in [0.29, 0.717) is 84.8 Å². The van der Waals surface area contributed by atoms with Gasteiger partial charge in [-0.05, 0) is 48.5 Å². The Balaban J connectivity index is 1.09. The summed E-state index contributed by atoms with van der Waals surface area (Å²) in [6.07, 6.45) is 3.60. The first-order valence-corrected chi connectivity index (χ1v) is 15.2. The van der Waals surface area contributed by atoms with Gasteiger partial charge in [-0.3, -0.25) is 19.1 Å². The minimum atomic E-state index is -0.777. The smallest absolute Gasteiger partial charge is 0.271 e. The average molecular weight is 657 g/mol. The lowest BCUT2D eigenvalue weighted by atomic mass is 10.1. The number of hydrogen-bond donors (Lipinski definition) is 2. The number of rotatable bonds is 11. The zero-order valence-corrected chi connectivity index (χ0v) is 25.8. The van der Waals surface area contributed by atoms with E-state index < -0.39 is 23.1 Å². The van der Waals surface area contributed by atoms with Crippen LogP contribution in [-0.4, -0.2) is 61.6 Å². The number of carbonyl (C=O) groups excluding carboxylic acids is 1. The first-order valence-electron chi connectivity index (χ1n) is 15.2. The lowest BCUT2D eigenvalue weighted by Gasteiger charge is -2.26. The molecule has 246 valence electrons. The summed E-state index contributed by atoms with van der Waals surface area (Å²) >= 11 is 0. The highest BCUT2D eigenvalue weighted by Crippen LogP contribution is 2.38. The van der Waals surface area contributed by atoms with E-state index in [-0.39, 0.29) is 22.7 Å². The van der Waals surface area contributed by atoms with Gasteiger partial charge in [-0.2, -0.15) is 0 Å². The molecular formula is C35H30F2N4O7. The van der Waals surface area contributed by atoms with E-state index in [9.17, 15) is 14.0 Å². The van der Waals surface area contributed by atoms with Gasteiger partial charge in [-0.1, -0.05) is 0 Å². The number of methoxy groups -OCH3 is 1. The molecule has 0 unspecified atom stereocenters. The van der Waals surface area contributed by atoms with E-state index in [1.165, 1.54) is 54.3 Å². The molecule has 2 N–H and O–H groups in total. The van der Waals surface area contributed by atoms with E-state index >= 15 is 4.39 Å². The maximum Gasteiger partial charge on any atom is 0.271 e. The third-order valence-electron chi connectivity index (χ3n) is 8.01. The molecule has 0 bridgehead atoms. The van der Waals surface area contributed by atoms with Gasteiger partial charge in [0.15, 0.2) is 23.1 Å². The molecule has 1 fully saturated rings. The second-order valence-corrected chi connectivity index (χ2v) is 11.2. The van der Waals surface area contributed by atoms with E-state index in [1.807, 2.05) is 0 Å². The second kappa shape index (κ2) is 13.3. The number of benzene rings is 3. The molecule has 48 heavy (non-hydrogen) atoms. The molecule has 2 aliphatic heterocycles. The second-order valence-electron chi connectivity index (χ2n) is 11.2. The van der Waals surface area contributed by atoms with Gasteiger partial charge < -0.3 is 34.3 Å². The number of amides is 1. The fraction of sp³-hybridized carbons (Fsp3) is 0.229. The van der Waals surface area contributed by atoms with Gasteiger partial charge in [0.1, 0.15) is 29.5 Å². The molecule has 4 heterocycles. The fourth-order valence-electron chi connectivity index (χ4n) is 5.49.